The smallest absolute Gasteiger partial charge is 0.253 e. The Morgan fingerprint density at radius 3 is 2.47 bits per heavy atom. The second kappa shape index (κ2) is 8.81. The van der Waals surface area contributed by atoms with Gasteiger partial charge in [-0.25, -0.2) is 4.68 Å². The summed E-state index contributed by atoms with van der Waals surface area (Å²) >= 11 is 0. The summed E-state index contributed by atoms with van der Waals surface area (Å²) in [6.07, 6.45) is 4.92. The molecule has 0 N–H and O–H groups in total. The van der Waals surface area contributed by atoms with Crippen LogP contribution < -0.4 is 14.2 Å². The van der Waals surface area contributed by atoms with Crippen LogP contribution in [-0.2, 0) is 0 Å². The van der Waals surface area contributed by atoms with Crippen LogP contribution in [0.15, 0.2) is 48.8 Å². The fourth-order valence-electron chi connectivity index (χ4n) is 3.40. The quantitative estimate of drug-likeness (QED) is 0.617. The van der Waals surface area contributed by atoms with Gasteiger partial charge in [-0.3, -0.25) is 4.79 Å². The van der Waals surface area contributed by atoms with Gasteiger partial charge >= 0.3 is 0 Å². The van der Waals surface area contributed by atoms with Crippen molar-refractivity contribution in [2.24, 2.45) is 0 Å². The molecule has 1 fully saturated rings. The Labute approximate surface area is 174 Å². The van der Waals surface area contributed by atoms with E-state index in [0.717, 1.165) is 12.8 Å². The molecule has 1 saturated heterocycles. The Morgan fingerprint density at radius 1 is 1.03 bits per heavy atom. The number of likely N-dealkylation sites (tertiary alicyclic amines) is 1. The number of amides is 1. The number of nitrogens with zero attached hydrogens (tertiary/aromatic N) is 5. The van der Waals surface area contributed by atoms with Crippen molar-refractivity contribution < 1.29 is 19.0 Å². The lowest BCUT2D eigenvalue weighted by molar-refractivity contribution is 0.0585. The van der Waals surface area contributed by atoms with Crippen molar-refractivity contribution in [2.45, 2.75) is 18.9 Å². The van der Waals surface area contributed by atoms with E-state index in [9.17, 15) is 4.79 Å². The van der Waals surface area contributed by atoms with Gasteiger partial charge in [-0.05, 0) is 30.3 Å². The van der Waals surface area contributed by atoms with Crippen LogP contribution in [-0.4, -0.2) is 64.2 Å². The van der Waals surface area contributed by atoms with Crippen molar-refractivity contribution in [3.05, 3.63) is 54.4 Å². The highest BCUT2D eigenvalue weighted by atomic mass is 16.5. The van der Waals surface area contributed by atoms with Gasteiger partial charge in [0.2, 0.25) is 5.88 Å². The maximum atomic E-state index is 12.8. The zero-order valence-electron chi connectivity index (χ0n) is 16.9. The molecule has 0 saturated carbocycles. The summed E-state index contributed by atoms with van der Waals surface area (Å²) in [7, 11) is 3.12. The maximum Gasteiger partial charge on any atom is 0.253 e. The molecular weight excluding hydrogens is 386 g/mol. The molecule has 0 radical (unpaired) electrons. The molecule has 0 aliphatic carbocycles. The molecule has 0 spiro atoms. The minimum absolute atomic E-state index is 0.00990. The summed E-state index contributed by atoms with van der Waals surface area (Å²) in [5.41, 5.74) is 0.576. The minimum Gasteiger partial charge on any atom is -0.493 e. The number of hydrogen-bond donors (Lipinski definition) is 0. The average molecular weight is 409 g/mol. The highest BCUT2D eigenvalue weighted by Gasteiger charge is 2.25. The van der Waals surface area contributed by atoms with E-state index in [-0.39, 0.29) is 12.0 Å². The molecule has 1 aliphatic rings. The monoisotopic (exact) mass is 409 g/mol. The molecule has 9 heteroatoms. The van der Waals surface area contributed by atoms with Crippen LogP contribution in [0.5, 0.6) is 17.4 Å². The minimum atomic E-state index is -0.0298. The molecule has 0 unspecified atom stereocenters. The van der Waals surface area contributed by atoms with Gasteiger partial charge in [0.15, 0.2) is 17.3 Å². The summed E-state index contributed by atoms with van der Waals surface area (Å²) in [5, 5.41) is 12.4. The molecule has 4 rings (SSSR count). The average Bonchev–Trinajstić information content (AvgIpc) is 3.34. The SMILES string of the molecule is COc1ccc(C(=O)N2CCC(Oc3ccc(-n4cccn4)nn3)CC2)cc1OC. The first-order valence-corrected chi connectivity index (χ1v) is 9.69. The van der Waals surface area contributed by atoms with Gasteiger partial charge in [-0.2, -0.15) is 5.10 Å². The Hall–Kier alpha value is -3.62. The summed E-state index contributed by atoms with van der Waals surface area (Å²) in [6, 6.07) is 10.6. The van der Waals surface area contributed by atoms with Gasteiger partial charge < -0.3 is 19.1 Å². The van der Waals surface area contributed by atoms with E-state index >= 15 is 0 Å². The zero-order chi connectivity index (χ0) is 20.9. The van der Waals surface area contributed by atoms with Crippen LogP contribution in [0.2, 0.25) is 0 Å². The van der Waals surface area contributed by atoms with Crippen LogP contribution >= 0.6 is 0 Å². The van der Waals surface area contributed by atoms with Crippen LogP contribution in [0.3, 0.4) is 0 Å². The van der Waals surface area contributed by atoms with Gasteiger partial charge in [0.1, 0.15) is 6.10 Å². The van der Waals surface area contributed by atoms with Gasteiger partial charge in [-0.1, -0.05) is 0 Å². The molecule has 3 aromatic rings. The number of piperidine rings is 1. The Morgan fingerprint density at radius 2 is 1.83 bits per heavy atom. The van der Waals surface area contributed by atoms with Crippen LogP contribution in [0, 0.1) is 0 Å². The van der Waals surface area contributed by atoms with Crippen molar-refractivity contribution in [3.63, 3.8) is 0 Å². The van der Waals surface area contributed by atoms with Crippen molar-refractivity contribution in [3.8, 4) is 23.2 Å². The van der Waals surface area contributed by atoms with Crippen molar-refractivity contribution >= 4 is 5.91 Å². The fourth-order valence-corrected chi connectivity index (χ4v) is 3.40. The normalized spacial score (nSPS) is 14.4. The molecule has 156 valence electrons. The van der Waals surface area contributed by atoms with E-state index in [1.54, 1.807) is 55.6 Å². The standard InChI is InChI=1S/C21H23N5O4/c1-28-17-5-4-15(14-18(17)29-2)21(27)25-12-8-16(9-13-25)30-20-7-6-19(23-24-20)26-11-3-10-22-26/h3-7,10-11,14,16H,8-9,12-13H2,1-2H3. The van der Waals surface area contributed by atoms with Crippen LogP contribution in [0.25, 0.3) is 5.82 Å². The summed E-state index contributed by atoms with van der Waals surface area (Å²) in [5.74, 6) is 2.20. The number of carbonyl (C=O) groups excluding carboxylic acids is 1. The number of aromatic nitrogens is 4. The lowest BCUT2D eigenvalue weighted by Gasteiger charge is -2.32. The van der Waals surface area contributed by atoms with Crippen LogP contribution in [0.4, 0.5) is 0 Å². The van der Waals surface area contributed by atoms with Gasteiger partial charge in [0, 0.05) is 50.0 Å². The first-order chi connectivity index (χ1) is 14.7. The molecular formula is C21H23N5O4. The third-order valence-electron chi connectivity index (χ3n) is 5.01. The zero-order valence-corrected chi connectivity index (χ0v) is 16.9. The molecule has 1 aliphatic heterocycles. The number of hydrogen-bond acceptors (Lipinski definition) is 7. The summed E-state index contributed by atoms with van der Waals surface area (Å²) in [4.78, 5) is 14.7. The molecule has 1 aromatic carbocycles. The number of carbonyl (C=O) groups is 1. The first kappa shape index (κ1) is 19.7. The van der Waals surface area contributed by atoms with Crippen molar-refractivity contribution in [1.82, 2.24) is 24.9 Å². The predicted molar refractivity (Wildman–Crippen MR) is 108 cm³/mol. The summed E-state index contributed by atoms with van der Waals surface area (Å²) < 4.78 is 18.1. The molecule has 0 bridgehead atoms. The molecule has 3 heterocycles. The second-order valence-electron chi connectivity index (χ2n) is 6.86. The Bertz CT molecular complexity index is 983. The first-order valence-electron chi connectivity index (χ1n) is 9.69. The van der Waals surface area contributed by atoms with E-state index in [4.69, 9.17) is 14.2 Å². The number of methoxy groups -OCH3 is 2. The number of benzene rings is 1. The molecule has 30 heavy (non-hydrogen) atoms. The lowest BCUT2D eigenvalue weighted by Crippen LogP contribution is -2.41. The number of rotatable bonds is 6. The Balaban J connectivity index is 1.33. The Kier molecular flexibility index (Phi) is 5.78. The summed E-state index contributed by atoms with van der Waals surface area (Å²) in [6.45, 7) is 1.22. The maximum absolute atomic E-state index is 12.8. The van der Waals surface area contributed by atoms with E-state index in [1.807, 2.05) is 17.0 Å². The highest BCUT2D eigenvalue weighted by Crippen LogP contribution is 2.28. The van der Waals surface area contributed by atoms with Crippen molar-refractivity contribution in [2.75, 3.05) is 27.3 Å². The third-order valence-corrected chi connectivity index (χ3v) is 5.01. The largest absolute Gasteiger partial charge is 0.493 e. The van der Waals surface area contributed by atoms with Gasteiger partial charge in [-0.15, -0.1) is 10.2 Å². The molecule has 0 atom stereocenters. The van der Waals surface area contributed by atoms with Crippen LogP contribution in [0.1, 0.15) is 23.2 Å². The molecule has 2 aromatic heterocycles. The lowest BCUT2D eigenvalue weighted by atomic mass is 10.1. The van der Waals surface area contributed by atoms with Gasteiger partial charge in [0.25, 0.3) is 5.91 Å². The van der Waals surface area contributed by atoms with E-state index in [2.05, 4.69) is 15.3 Å². The predicted octanol–water partition coefficient (Wildman–Crippen LogP) is 2.36. The van der Waals surface area contributed by atoms with E-state index in [1.165, 1.54) is 0 Å². The number of ether oxygens (including phenoxy) is 3. The second-order valence-corrected chi connectivity index (χ2v) is 6.86. The van der Waals surface area contributed by atoms with E-state index < -0.39 is 0 Å². The molecule has 9 nitrogen and oxygen atoms in total. The van der Waals surface area contributed by atoms with E-state index in [0.29, 0.717) is 41.8 Å². The van der Waals surface area contributed by atoms with Crippen molar-refractivity contribution in [1.29, 1.82) is 0 Å². The fraction of sp³-hybridized carbons (Fsp3) is 0.333. The molecule has 1 amide bonds. The van der Waals surface area contributed by atoms with Gasteiger partial charge in [0.05, 0.1) is 14.2 Å². The third kappa shape index (κ3) is 4.19. The topological polar surface area (TPSA) is 91.6 Å². The highest BCUT2D eigenvalue weighted by molar-refractivity contribution is 5.95.